The highest BCUT2D eigenvalue weighted by atomic mass is 16.1. The van der Waals surface area contributed by atoms with Gasteiger partial charge in [-0.15, -0.1) is 0 Å². The molecule has 1 heterocycles. The van der Waals surface area contributed by atoms with Gasteiger partial charge in [0.15, 0.2) is 0 Å². The highest BCUT2D eigenvalue weighted by Gasteiger charge is 1.96. The van der Waals surface area contributed by atoms with Crippen LogP contribution in [0.4, 0.5) is 5.69 Å². The highest BCUT2D eigenvalue weighted by molar-refractivity contribution is 5.60. The first-order valence-electron chi connectivity index (χ1n) is 8.58. The lowest BCUT2D eigenvalue weighted by molar-refractivity contribution is 1.00. The minimum atomic E-state index is -0.343. The number of hydrogen-bond donors (Lipinski definition) is 2. The topological polar surface area (TPSA) is 69.0 Å². The molecular formula is C22H21N3O2. The number of aromatic amines is 2. The van der Waals surface area contributed by atoms with E-state index in [9.17, 15) is 9.59 Å². The Morgan fingerprint density at radius 1 is 0.778 bits per heavy atom. The molecule has 0 unspecified atom stereocenters. The van der Waals surface area contributed by atoms with Crippen LogP contribution in [0, 0.1) is 0 Å². The molecule has 5 heteroatoms. The summed E-state index contributed by atoms with van der Waals surface area (Å²) in [6, 6.07) is 17.4. The second-order valence-corrected chi connectivity index (χ2v) is 6.30. The molecule has 1 aromatic heterocycles. The Labute approximate surface area is 156 Å². The summed E-state index contributed by atoms with van der Waals surface area (Å²) in [5.74, 6) is 0. The molecule has 2 N–H and O–H groups in total. The van der Waals surface area contributed by atoms with Gasteiger partial charge in [0.2, 0.25) is 0 Å². The summed E-state index contributed by atoms with van der Waals surface area (Å²) >= 11 is 0. The van der Waals surface area contributed by atoms with Gasteiger partial charge in [0.1, 0.15) is 10.7 Å². The van der Waals surface area contributed by atoms with Crippen LogP contribution in [-0.2, 0) is 0 Å². The SMILES string of the molecule is CN(C)c1ccc(C=C/C=c2\[nH]c(=O)/c(=C/c3ccccc3)[nH]c2=O)cc1. The van der Waals surface area contributed by atoms with Crippen molar-refractivity contribution < 1.29 is 0 Å². The first-order valence-corrected chi connectivity index (χ1v) is 8.58. The fraction of sp³-hybridized carbons (Fsp3) is 0.0909. The van der Waals surface area contributed by atoms with E-state index >= 15 is 0 Å². The molecule has 0 saturated heterocycles. The monoisotopic (exact) mass is 359 g/mol. The fourth-order valence-electron chi connectivity index (χ4n) is 2.57. The average molecular weight is 359 g/mol. The molecule has 0 radical (unpaired) electrons. The highest BCUT2D eigenvalue weighted by Crippen LogP contribution is 2.12. The Balaban J connectivity index is 1.89. The minimum Gasteiger partial charge on any atom is -0.378 e. The van der Waals surface area contributed by atoms with E-state index < -0.39 is 0 Å². The number of benzene rings is 2. The van der Waals surface area contributed by atoms with Crippen molar-refractivity contribution in [2.75, 3.05) is 19.0 Å². The first kappa shape index (κ1) is 18.2. The van der Waals surface area contributed by atoms with Gasteiger partial charge in [0, 0.05) is 19.8 Å². The van der Waals surface area contributed by atoms with Gasteiger partial charge in [0.05, 0.1) is 0 Å². The Morgan fingerprint density at radius 2 is 1.41 bits per heavy atom. The molecule has 0 aliphatic carbocycles. The van der Waals surface area contributed by atoms with E-state index in [0.717, 1.165) is 16.8 Å². The second kappa shape index (κ2) is 8.19. The summed E-state index contributed by atoms with van der Waals surface area (Å²) in [5, 5.41) is 0.443. The minimum absolute atomic E-state index is 0.214. The van der Waals surface area contributed by atoms with Gasteiger partial charge in [-0.3, -0.25) is 9.59 Å². The van der Waals surface area contributed by atoms with Crippen molar-refractivity contribution in [2.24, 2.45) is 0 Å². The number of hydrogen-bond acceptors (Lipinski definition) is 3. The normalized spacial score (nSPS) is 12.7. The summed E-state index contributed by atoms with van der Waals surface area (Å²) in [6.45, 7) is 0. The van der Waals surface area contributed by atoms with Gasteiger partial charge in [-0.25, -0.2) is 0 Å². The molecule has 136 valence electrons. The largest absolute Gasteiger partial charge is 0.378 e. The van der Waals surface area contributed by atoms with Crippen molar-refractivity contribution in [3.8, 4) is 0 Å². The van der Waals surface area contributed by atoms with Crippen molar-refractivity contribution in [3.63, 3.8) is 0 Å². The van der Waals surface area contributed by atoms with Gasteiger partial charge >= 0.3 is 0 Å². The molecule has 0 spiro atoms. The summed E-state index contributed by atoms with van der Waals surface area (Å²) in [4.78, 5) is 31.7. The molecule has 0 fully saturated rings. The Morgan fingerprint density at radius 3 is 2.07 bits per heavy atom. The van der Waals surface area contributed by atoms with E-state index in [2.05, 4.69) is 9.97 Å². The molecule has 3 aromatic rings. The fourth-order valence-corrected chi connectivity index (χ4v) is 2.57. The molecule has 3 rings (SSSR count). The molecule has 0 atom stereocenters. The zero-order valence-electron chi connectivity index (χ0n) is 15.3. The van der Waals surface area contributed by atoms with Crippen LogP contribution in [0.25, 0.3) is 18.2 Å². The van der Waals surface area contributed by atoms with Crippen LogP contribution in [0.3, 0.4) is 0 Å². The summed E-state index contributed by atoms with van der Waals surface area (Å²) in [5.41, 5.74) is 2.28. The third kappa shape index (κ3) is 4.73. The van der Waals surface area contributed by atoms with Crippen molar-refractivity contribution >= 4 is 23.9 Å². The number of anilines is 1. The van der Waals surface area contributed by atoms with E-state index in [1.165, 1.54) is 0 Å². The van der Waals surface area contributed by atoms with Crippen LogP contribution < -0.4 is 26.7 Å². The quantitative estimate of drug-likeness (QED) is 0.741. The molecule has 0 amide bonds. The third-order valence-electron chi connectivity index (χ3n) is 4.06. The van der Waals surface area contributed by atoms with Crippen LogP contribution in [0.1, 0.15) is 11.1 Å². The van der Waals surface area contributed by atoms with Crippen LogP contribution >= 0.6 is 0 Å². The van der Waals surface area contributed by atoms with Gasteiger partial charge in [-0.1, -0.05) is 54.6 Å². The number of rotatable bonds is 4. The molecule has 0 aliphatic rings. The van der Waals surface area contributed by atoms with E-state index in [0.29, 0.717) is 0 Å². The number of aromatic nitrogens is 2. The van der Waals surface area contributed by atoms with Gasteiger partial charge < -0.3 is 14.9 Å². The van der Waals surface area contributed by atoms with Crippen molar-refractivity contribution in [2.45, 2.75) is 0 Å². The smallest absolute Gasteiger partial charge is 0.272 e. The predicted molar refractivity (Wildman–Crippen MR) is 111 cm³/mol. The number of allylic oxidation sites excluding steroid dienone is 1. The van der Waals surface area contributed by atoms with Crippen LogP contribution in [0.15, 0.2) is 70.3 Å². The van der Waals surface area contributed by atoms with Gasteiger partial charge in [0.25, 0.3) is 11.1 Å². The number of nitrogens with zero attached hydrogens (tertiary/aromatic N) is 1. The molecule has 27 heavy (non-hydrogen) atoms. The third-order valence-corrected chi connectivity index (χ3v) is 4.06. The molecular weight excluding hydrogens is 338 g/mol. The zero-order valence-corrected chi connectivity index (χ0v) is 15.3. The second-order valence-electron chi connectivity index (χ2n) is 6.30. The maximum atomic E-state index is 12.2. The van der Waals surface area contributed by atoms with E-state index in [4.69, 9.17) is 0 Å². The number of nitrogens with one attached hydrogen (secondary N) is 2. The Bertz CT molecular complexity index is 1170. The van der Waals surface area contributed by atoms with E-state index in [1.54, 1.807) is 18.2 Å². The molecule has 5 nitrogen and oxygen atoms in total. The van der Waals surface area contributed by atoms with Gasteiger partial charge in [-0.2, -0.15) is 0 Å². The predicted octanol–water partition coefficient (Wildman–Crippen LogP) is 1.45. The lowest BCUT2D eigenvalue weighted by atomic mass is 10.2. The molecule has 0 saturated carbocycles. The molecule has 0 bridgehead atoms. The molecule has 0 aliphatic heterocycles. The van der Waals surface area contributed by atoms with Crippen molar-refractivity contribution in [3.05, 3.63) is 103 Å². The summed E-state index contributed by atoms with van der Waals surface area (Å²) in [7, 11) is 3.97. The maximum absolute atomic E-state index is 12.2. The summed E-state index contributed by atoms with van der Waals surface area (Å²) in [6.07, 6.45) is 6.85. The van der Waals surface area contributed by atoms with E-state index in [1.807, 2.05) is 79.7 Å². The summed E-state index contributed by atoms with van der Waals surface area (Å²) < 4.78 is 0. The van der Waals surface area contributed by atoms with Crippen LogP contribution in [0.5, 0.6) is 0 Å². The van der Waals surface area contributed by atoms with Crippen LogP contribution in [0.2, 0.25) is 0 Å². The van der Waals surface area contributed by atoms with Crippen LogP contribution in [-0.4, -0.2) is 24.1 Å². The zero-order chi connectivity index (χ0) is 19.2. The molecule has 2 aromatic carbocycles. The maximum Gasteiger partial charge on any atom is 0.272 e. The average Bonchev–Trinajstić information content (AvgIpc) is 2.67. The van der Waals surface area contributed by atoms with Crippen molar-refractivity contribution in [1.29, 1.82) is 0 Å². The van der Waals surface area contributed by atoms with Crippen molar-refractivity contribution in [1.82, 2.24) is 9.97 Å². The lowest BCUT2D eigenvalue weighted by Crippen LogP contribution is -2.46. The van der Waals surface area contributed by atoms with Gasteiger partial charge in [-0.05, 0) is 35.4 Å². The Hall–Kier alpha value is -3.60. The number of H-pyrrole nitrogens is 2. The first-order chi connectivity index (χ1) is 13.0. The standard InChI is InChI=1S/C22H21N3O2/c1-25(2)18-13-11-16(12-14-18)9-6-10-19-21(26)24-20(22(27)23-19)15-17-7-4-3-5-8-17/h3-15H,1-2H3,(H,23,27)(H,24,26)/b9-6?,19-10-,20-15-. The Kier molecular flexibility index (Phi) is 5.52. The van der Waals surface area contributed by atoms with E-state index in [-0.39, 0.29) is 21.8 Å². The lowest BCUT2D eigenvalue weighted by Gasteiger charge is -2.11.